The van der Waals surface area contributed by atoms with Gasteiger partial charge in [0.05, 0.1) is 18.4 Å². The lowest BCUT2D eigenvalue weighted by atomic mass is 10.0. The number of hydrogen-bond acceptors (Lipinski definition) is 6. The number of amides is 1. The molecule has 0 spiro atoms. The van der Waals surface area contributed by atoms with E-state index in [1.165, 1.54) is 11.1 Å². The van der Waals surface area contributed by atoms with Gasteiger partial charge in [-0.2, -0.15) is 26.3 Å². The minimum atomic E-state index is -5.08. The molecule has 0 atom stereocenters. The van der Waals surface area contributed by atoms with Gasteiger partial charge in [-0.15, -0.1) is 0 Å². The summed E-state index contributed by atoms with van der Waals surface area (Å²) in [7, 11) is 1.68. The Morgan fingerprint density at radius 1 is 0.872 bits per heavy atom. The van der Waals surface area contributed by atoms with Crippen LogP contribution in [0.4, 0.5) is 26.3 Å². The SMILES string of the molecule is COc1cccc(CNCc2cccc(-c3cc(-c4cc5c([nH]4)CCNC5=O)ccn3)c2)c1.O=C(O)C(F)(F)F.O=C(O)C(F)(F)F. The van der Waals surface area contributed by atoms with Gasteiger partial charge in [-0.3, -0.25) is 9.78 Å². The van der Waals surface area contributed by atoms with Crippen molar-refractivity contribution in [3.63, 3.8) is 0 Å². The van der Waals surface area contributed by atoms with Gasteiger partial charge in [0.2, 0.25) is 0 Å². The average Bonchev–Trinajstić information content (AvgIpc) is 3.47. The van der Waals surface area contributed by atoms with E-state index in [0.717, 1.165) is 59.0 Å². The van der Waals surface area contributed by atoms with E-state index >= 15 is 0 Å². The molecule has 250 valence electrons. The van der Waals surface area contributed by atoms with Crippen LogP contribution in [0.15, 0.2) is 72.9 Å². The van der Waals surface area contributed by atoms with Crippen molar-refractivity contribution in [2.75, 3.05) is 13.7 Å². The fourth-order valence-electron chi connectivity index (χ4n) is 4.18. The summed E-state index contributed by atoms with van der Waals surface area (Å²) in [6, 6.07) is 22.5. The van der Waals surface area contributed by atoms with Crippen molar-refractivity contribution in [1.29, 1.82) is 0 Å². The third-order valence-electron chi connectivity index (χ3n) is 6.38. The number of carbonyl (C=O) groups excluding carboxylic acids is 1. The highest BCUT2D eigenvalue weighted by Gasteiger charge is 2.38. The van der Waals surface area contributed by atoms with Crippen LogP contribution < -0.4 is 15.4 Å². The van der Waals surface area contributed by atoms with Crippen LogP contribution in [0.5, 0.6) is 5.75 Å². The van der Waals surface area contributed by atoms with E-state index in [2.05, 4.69) is 57.0 Å². The van der Waals surface area contributed by atoms with Crippen LogP contribution in [0.2, 0.25) is 0 Å². The largest absolute Gasteiger partial charge is 0.497 e. The number of nitrogens with zero attached hydrogens (tertiary/aromatic N) is 1. The summed E-state index contributed by atoms with van der Waals surface area (Å²) in [6.45, 7) is 2.19. The Kier molecular flexibility index (Phi) is 12.1. The standard InChI is InChI=1S/C27H26N4O2.2C2HF3O2/c1-33-22-7-3-5-19(13-22)17-28-16-18-4-2-6-20(12-18)25-14-21(8-10-29-25)26-15-23-24(31-26)9-11-30-27(23)32;2*3-2(4,5)1(6)7/h2-8,10,12-15,28,31H,9,11,16-17H2,1H3,(H,30,32);2*(H,6,7). The van der Waals surface area contributed by atoms with E-state index in [9.17, 15) is 31.1 Å². The number of rotatable bonds is 7. The van der Waals surface area contributed by atoms with Gasteiger partial charge >= 0.3 is 24.3 Å². The Labute approximate surface area is 263 Å². The predicted molar refractivity (Wildman–Crippen MR) is 156 cm³/mol. The topological polar surface area (TPSA) is 154 Å². The maximum atomic E-state index is 12.1. The molecule has 0 unspecified atom stereocenters. The lowest BCUT2D eigenvalue weighted by Gasteiger charge is -2.11. The smallest absolute Gasteiger partial charge is 0.490 e. The summed E-state index contributed by atoms with van der Waals surface area (Å²) in [4.78, 5) is 37.9. The first-order valence-electron chi connectivity index (χ1n) is 13.6. The van der Waals surface area contributed by atoms with Gasteiger partial charge in [-0.1, -0.05) is 30.3 Å². The number of ether oxygens (including phenoxy) is 1. The molecule has 1 aliphatic rings. The van der Waals surface area contributed by atoms with Crippen molar-refractivity contribution >= 4 is 17.8 Å². The monoisotopic (exact) mass is 666 g/mol. The number of halogens is 6. The van der Waals surface area contributed by atoms with E-state index in [0.29, 0.717) is 6.54 Å². The van der Waals surface area contributed by atoms with Gasteiger partial charge in [-0.05, 0) is 47.5 Å². The molecular formula is C31H28F6N4O6. The van der Waals surface area contributed by atoms with Crippen molar-refractivity contribution in [3.8, 4) is 28.3 Å². The molecule has 0 fully saturated rings. The molecule has 3 heterocycles. The highest BCUT2D eigenvalue weighted by Crippen LogP contribution is 2.27. The quantitative estimate of drug-likeness (QED) is 0.160. The van der Waals surface area contributed by atoms with Gasteiger partial charge in [0.1, 0.15) is 5.75 Å². The Balaban J connectivity index is 0.000000360. The number of aliphatic carboxylic acids is 2. The first-order chi connectivity index (χ1) is 22.1. The highest BCUT2D eigenvalue weighted by atomic mass is 19.4. The summed E-state index contributed by atoms with van der Waals surface area (Å²) >= 11 is 0. The zero-order valence-corrected chi connectivity index (χ0v) is 24.5. The number of carboxylic acids is 2. The van der Waals surface area contributed by atoms with E-state index in [1.807, 2.05) is 36.5 Å². The Bertz CT molecular complexity index is 1680. The number of carbonyl (C=O) groups is 3. The van der Waals surface area contributed by atoms with Crippen molar-refractivity contribution in [2.24, 2.45) is 0 Å². The van der Waals surface area contributed by atoms with E-state index in [1.54, 1.807) is 7.11 Å². The molecular weight excluding hydrogens is 638 g/mol. The summed E-state index contributed by atoms with van der Waals surface area (Å²) in [5.41, 5.74) is 8.03. The predicted octanol–water partition coefficient (Wildman–Crippen LogP) is 5.59. The third-order valence-corrected chi connectivity index (χ3v) is 6.38. The van der Waals surface area contributed by atoms with Gasteiger partial charge in [0, 0.05) is 54.8 Å². The van der Waals surface area contributed by atoms with Crippen LogP contribution in [0.25, 0.3) is 22.5 Å². The number of fused-ring (bicyclic) bond motifs is 1. The van der Waals surface area contributed by atoms with Crippen LogP contribution in [-0.4, -0.2) is 64.0 Å². The summed E-state index contributed by atoms with van der Waals surface area (Å²) in [5.74, 6) is -4.66. The molecule has 47 heavy (non-hydrogen) atoms. The Morgan fingerprint density at radius 3 is 2.04 bits per heavy atom. The number of H-pyrrole nitrogens is 1. The van der Waals surface area contributed by atoms with Crippen molar-refractivity contribution in [1.82, 2.24) is 20.6 Å². The highest BCUT2D eigenvalue weighted by molar-refractivity contribution is 5.97. The zero-order valence-electron chi connectivity index (χ0n) is 24.5. The molecule has 10 nitrogen and oxygen atoms in total. The molecule has 2 aromatic heterocycles. The van der Waals surface area contributed by atoms with E-state index in [-0.39, 0.29) is 5.91 Å². The van der Waals surface area contributed by atoms with Crippen LogP contribution in [0, 0.1) is 0 Å². The number of benzene rings is 2. The van der Waals surface area contributed by atoms with Crippen molar-refractivity contribution < 1.29 is 55.7 Å². The third kappa shape index (κ3) is 10.9. The van der Waals surface area contributed by atoms with Crippen molar-refractivity contribution in [2.45, 2.75) is 31.9 Å². The molecule has 16 heteroatoms. The number of nitrogens with one attached hydrogen (secondary N) is 3. The zero-order chi connectivity index (χ0) is 34.8. The van der Waals surface area contributed by atoms with Crippen LogP contribution in [-0.2, 0) is 29.1 Å². The van der Waals surface area contributed by atoms with Gasteiger partial charge < -0.3 is 30.6 Å². The minimum Gasteiger partial charge on any atom is -0.497 e. The second-order valence-electron chi connectivity index (χ2n) is 9.77. The molecule has 0 bridgehead atoms. The van der Waals surface area contributed by atoms with Gasteiger partial charge in [0.25, 0.3) is 5.91 Å². The second kappa shape index (κ2) is 15.8. The molecule has 0 aliphatic carbocycles. The molecule has 5 N–H and O–H groups in total. The van der Waals surface area contributed by atoms with Crippen LogP contribution in [0.3, 0.4) is 0 Å². The van der Waals surface area contributed by atoms with E-state index in [4.69, 9.17) is 24.5 Å². The maximum absolute atomic E-state index is 12.1. The number of aromatic amines is 1. The molecule has 4 aromatic rings. The van der Waals surface area contributed by atoms with Crippen LogP contribution in [0.1, 0.15) is 27.2 Å². The number of carboxylic acid groups (broad SMARTS) is 2. The minimum absolute atomic E-state index is 0.0119. The number of alkyl halides is 6. The average molecular weight is 667 g/mol. The molecule has 0 saturated heterocycles. The summed E-state index contributed by atoms with van der Waals surface area (Å²) < 4.78 is 68.8. The van der Waals surface area contributed by atoms with Gasteiger partial charge in [0.15, 0.2) is 0 Å². The maximum Gasteiger partial charge on any atom is 0.490 e. The van der Waals surface area contributed by atoms with Crippen LogP contribution >= 0.6 is 0 Å². The first-order valence-corrected chi connectivity index (χ1v) is 13.6. The summed E-state index contributed by atoms with van der Waals surface area (Å²) in [6.07, 6.45) is -7.53. The van der Waals surface area contributed by atoms with Gasteiger partial charge in [-0.25, -0.2) is 9.59 Å². The van der Waals surface area contributed by atoms with Crippen molar-refractivity contribution in [3.05, 3.63) is 95.3 Å². The number of hydrogen-bond donors (Lipinski definition) is 5. The Morgan fingerprint density at radius 2 is 1.47 bits per heavy atom. The molecule has 2 aromatic carbocycles. The molecule has 0 radical (unpaired) electrons. The molecule has 1 amide bonds. The lowest BCUT2D eigenvalue weighted by Crippen LogP contribution is -2.31. The fourth-order valence-corrected chi connectivity index (χ4v) is 4.18. The first kappa shape index (κ1) is 36.1. The number of methoxy groups -OCH3 is 1. The van der Waals surface area contributed by atoms with E-state index < -0.39 is 24.3 Å². The molecule has 0 saturated carbocycles. The molecule has 5 rings (SSSR count). The second-order valence-corrected chi connectivity index (χ2v) is 9.77. The Hall–Kier alpha value is -5.38. The lowest BCUT2D eigenvalue weighted by molar-refractivity contribution is -0.193. The summed E-state index contributed by atoms with van der Waals surface area (Å²) in [5, 5.41) is 20.6. The fraction of sp³-hybridized carbons (Fsp3) is 0.226. The number of aromatic nitrogens is 2. The number of pyridine rings is 1. The normalized spacial score (nSPS) is 12.4. The molecule has 1 aliphatic heterocycles.